The molecule has 1 amide bonds. The molecule has 1 aromatic carbocycles. The van der Waals surface area contributed by atoms with Crippen molar-refractivity contribution in [1.29, 1.82) is 0 Å². The SMILES string of the molecule is Cc1ccc(CC(=O)CC(=O)N2CCCCC2)cc1. The second-order valence-corrected chi connectivity index (χ2v) is 5.32. The van der Waals surface area contributed by atoms with Gasteiger partial charge in [-0.05, 0) is 31.7 Å². The number of hydrogen-bond acceptors (Lipinski definition) is 2. The van der Waals surface area contributed by atoms with Crippen LogP contribution in [0, 0.1) is 6.92 Å². The van der Waals surface area contributed by atoms with Gasteiger partial charge in [0.2, 0.25) is 5.91 Å². The highest BCUT2D eigenvalue weighted by Gasteiger charge is 2.19. The van der Waals surface area contributed by atoms with Crippen molar-refractivity contribution in [2.45, 2.75) is 39.0 Å². The average Bonchev–Trinajstić information content (AvgIpc) is 2.42. The topological polar surface area (TPSA) is 37.4 Å². The van der Waals surface area contributed by atoms with E-state index in [0.29, 0.717) is 6.42 Å². The standard InChI is InChI=1S/C16H21NO2/c1-13-5-7-14(8-6-13)11-15(18)12-16(19)17-9-3-2-4-10-17/h5-8H,2-4,9-12H2,1H3. The Hall–Kier alpha value is -1.64. The van der Waals surface area contributed by atoms with Gasteiger partial charge in [-0.3, -0.25) is 9.59 Å². The predicted octanol–water partition coefficient (Wildman–Crippen LogP) is 2.51. The van der Waals surface area contributed by atoms with Crippen LogP contribution in [0.3, 0.4) is 0 Å². The molecule has 0 aromatic heterocycles. The number of carbonyl (C=O) groups excluding carboxylic acids is 2. The number of likely N-dealkylation sites (tertiary alicyclic amines) is 1. The van der Waals surface area contributed by atoms with Crippen LogP contribution >= 0.6 is 0 Å². The Morgan fingerprint density at radius 2 is 1.68 bits per heavy atom. The van der Waals surface area contributed by atoms with E-state index in [1.165, 1.54) is 12.0 Å². The molecule has 3 nitrogen and oxygen atoms in total. The molecule has 1 fully saturated rings. The molecule has 19 heavy (non-hydrogen) atoms. The summed E-state index contributed by atoms with van der Waals surface area (Å²) >= 11 is 0. The van der Waals surface area contributed by atoms with E-state index in [2.05, 4.69) is 0 Å². The van der Waals surface area contributed by atoms with Gasteiger partial charge in [-0.15, -0.1) is 0 Å². The van der Waals surface area contributed by atoms with E-state index < -0.39 is 0 Å². The smallest absolute Gasteiger partial charge is 0.230 e. The molecule has 1 aliphatic rings. The van der Waals surface area contributed by atoms with Gasteiger partial charge in [0.15, 0.2) is 0 Å². The van der Waals surface area contributed by atoms with Crippen LogP contribution in [0.25, 0.3) is 0 Å². The summed E-state index contributed by atoms with van der Waals surface area (Å²) in [6.07, 6.45) is 3.74. The van der Waals surface area contributed by atoms with E-state index in [1.54, 1.807) is 0 Å². The van der Waals surface area contributed by atoms with E-state index in [-0.39, 0.29) is 18.1 Å². The normalized spacial score (nSPS) is 15.3. The van der Waals surface area contributed by atoms with Crippen molar-refractivity contribution in [1.82, 2.24) is 4.90 Å². The number of carbonyl (C=O) groups is 2. The Morgan fingerprint density at radius 1 is 1.05 bits per heavy atom. The summed E-state index contributed by atoms with van der Waals surface area (Å²) < 4.78 is 0. The predicted molar refractivity (Wildman–Crippen MR) is 74.9 cm³/mol. The Labute approximate surface area is 114 Å². The van der Waals surface area contributed by atoms with E-state index in [1.807, 2.05) is 36.1 Å². The maximum atomic E-state index is 12.0. The Balaban J connectivity index is 1.83. The molecule has 0 unspecified atom stereocenters. The molecule has 0 spiro atoms. The molecule has 1 aliphatic heterocycles. The van der Waals surface area contributed by atoms with Gasteiger partial charge < -0.3 is 4.90 Å². The largest absolute Gasteiger partial charge is 0.342 e. The molecular weight excluding hydrogens is 238 g/mol. The van der Waals surface area contributed by atoms with Crippen molar-refractivity contribution in [3.8, 4) is 0 Å². The molecule has 0 N–H and O–H groups in total. The lowest BCUT2D eigenvalue weighted by Gasteiger charge is -2.26. The minimum absolute atomic E-state index is 0.00295. The summed E-state index contributed by atoms with van der Waals surface area (Å²) in [5, 5.41) is 0. The number of benzene rings is 1. The van der Waals surface area contributed by atoms with E-state index in [4.69, 9.17) is 0 Å². The molecule has 0 atom stereocenters. The highest BCUT2D eigenvalue weighted by molar-refractivity contribution is 5.98. The zero-order valence-electron chi connectivity index (χ0n) is 11.5. The lowest BCUT2D eigenvalue weighted by molar-refractivity contribution is -0.135. The molecule has 0 saturated carbocycles. The molecule has 1 saturated heterocycles. The number of Topliss-reactive ketones (excluding diaryl/α,β-unsaturated/α-hetero) is 1. The average molecular weight is 259 g/mol. The molecule has 102 valence electrons. The lowest BCUT2D eigenvalue weighted by Crippen LogP contribution is -2.36. The zero-order valence-corrected chi connectivity index (χ0v) is 11.5. The van der Waals surface area contributed by atoms with Crippen molar-refractivity contribution >= 4 is 11.7 Å². The third kappa shape index (κ3) is 4.19. The number of piperidine rings is 1. The van der Waals surface area contributed by atoms with Crippen LogP contribution in [0.5, 0.6) is 0 Å². The Kier molecular flexibility index (Phi) is 4.72. The maximum absolute atomic E-state index is 12.0. The second kappa shape index (κ2) is 6.50. The van der Waals surface area contributed by atoms with Crippen molar-refractivity contribution in [2.24, 2.45) is 0 Å². The minimum Gasteiger partial charge on any atom is -0.342 e. The molecule has 1 heterocycles. The van der Waals surface area contributed by atoms with Gasteiger partial charge in [-0.1, -0.05) is 29.8 Å². The number of nitrogens with zero attached hydrogens (tertiary/aromatic N) is 1. The van der Waals surface area contributed by atoms with Gasteiger partial charge in [-0.2, -0.15) is 0 Å². The van der Waals surface area contributed by atoms with E-state index >= 15 is 0 Å². The van der Waals surface area contributed by atoms with Crippen molar-refractivity contribution in [3.05, 3.63) is 35.4 Å². The Bertz CT molecular complexity index is 444. The number of ketones is 1. The summed E-state index contributed by atoms with van der Waals surface area (Å²) in [6.45, 7) is 3.65. The second-order valence-electron chi connectivity index (χ2n) is 5.32. The van der Waals surface area contributed by atoms with Crippen molar-refractivity contribution < 1.29 is 9.59 Å². The van der Waals surface area contributed by atoms with Crippen LogP contribution in [0.1, 0.15) is 36.8 Å². The first kappa shape index (κ1) is 13.8. The van der Waals surface area contributed by atoms with Crippen LogP contribution in [0.4, 0.5) is 0 Å². The fraction of sp³-hybridized carbons (Fsp3) is 0.500. The highest BCUT2D eigenvalue weighted by atomic mass is 16.2. The maximum Gasteiger partial charge on any atom is 0.230 e. The van der Waals surface area contributed by atoms with Gasteiger partial charge in [0, 0.05) is 19.5 Å². The summed E-state index contributed by atoms with van der Waals surface area (Å²) in [7, 11) is 0. The fourth-order valence-corrected chi connectivity index (χ4v) is 2.42. The third-order valence-corrected chi connectivity index (χ3v) is 3.58. The molecule has 0 bridgehead atoms. The molecule has 2 rings (SSSR count). The number of hydrogen-bond donors (Lipinski definition) is 0. The van der Waals surface area contributed by atoms with E-state index in [0.717, 1.165) is 31.5 Å². The van der Waals surface area contributed by atoms with Crippen LogP contribution in [-0.4, -0.2) is 29.7 Å². The number of aryl methyl sites for hydroxylation is 1. The quantitative estimate of drug-likeness (QED) is 0.779. The van der Waals surface area contributed by atoms with Gasteiger partial charge in [0.1, 0.15) is 5.78 Å². The molecular formula is C16H21NO2. The van der Waals surface area contributed by atoms with Crippen LogP contribution in [0.2, 0.25) is 0 Å². The first-order chi connectivity index (χ1) is 9.15. The molecule has 0 radical (unpaired) electrons. The summed E-state index contributed by atoms with van der Waals surface area (Å²) in [5.41, 5.74) is 2.17. The zero-order chi connectivity index (χ0) is 13.7. The van der Waals surface area contributed by atoms with Crippen molar-refractivity contribution in [3.63, 3.8) is 0 Å². The minimum atomic E-state index is -0.00295. The molecule has 1 aromatic rings. The van der Waals surface area contributed by atoms with Gasteiger partial charge in [0.05, 0.1) is 6.42 Å². The summed E-state index contributed by atoms with van der Waals surface area (Å²) in [5.74, 6) is 0.0104. The number of amides is 1. The van der Waals surface area contributed by atoms with Crippen LogP contribution < -0.4 is 0 Å². The summed E-state index contributed by atoms with van der Waals surface area (Å²) in [6, 6.07) is 7.90. The Morgan fingerprint density at radius 3 is 2.32 bits per heavy atom. The van der Waals surface area contributed by atoms with Crippen molar-refractivity contribution in [2.75, 3.05) is 13.1 Å². The van der Waals surface area contributed by atoms with E-state index in [9.17, 15) is 9.59 Å². The lowest BCUT2D eigenvalue weighted by atomic mass is 10.0. The molecule has 3 heteroatoms. The monoisotopic (exact) mass is 259 g/mol. The fourth-order valence-electron chi connectivity index (χ4n) is 2.42. The third-order valence-electron chi connectivity index (χ3n) is 3.58. The summed E-state index contributed by atoms with van der Waals surface area (Å²) in [4.78, 5) is 25.7. The van der Waals surface area contributed by atoms with Crippen LogP contribution in [0.15, 0.2) is 24.3 Å². The van der Waals surface area contributed by atoms with Crippen LogP contribution in [-0.2, 0) is 16.0 Å². The number of rotatable bonds is 4. The molecule has 0 aliphatic carbocycles. The van der Waals surface area contributed by atoms with Gasteiger partial charge in [-0.25, -0.2) is 0 Å². The van der Waals surface area contributed by atoms with Gasteiger partial charge in [0.25, 0.3) is 0 Å². The first-order valence-electron chi connectivity index (χ1n) is 7.00. The van der Waals surface area contributed by atoms with Gasteiger partial charge >= 0.3 is 0 Å². The highest BCUT2D eigenvalue weighted by Crippen LogP contribution is 2.11. The first-order valence-corrected chi connectivity index (χ1v) is 7.00.